The van der Waals surface area contributed by atoms with Gasteiger partial charge < -0.3 is 4.90 Å². The average Bonchev–Trinajstić information content (AvgIpc) is 3.33. The third-order valence-corrected chi connectivity index (χ3v) is 5.86. The Bertz CT molecular complexity index is 997. The van der Waals surface area contributed by atoms with Crippen molar-refractivity contribution in [3.63, 3.8) is 0 Å². The average molecular weight is 410 g/mol. The highest BCUT2D eigenvalue weighted by atomic mass is 32.2. The third-order valence-electron chi connectivity index (χ3n) is 4.95. The molecule has 0 N–H and O–H groups in total. The fourth-order valence-corrected chi connectivity index (χ4v) is 4.27. The van der Waals surface area contributed by atoms with Crippen LogP contribution in [0.25, 0.3) is 6.08 Å². The second-order valence-electron chi connectivity index (χ2n) is 7.02. The summed E-state index contributed by atoms with van der Waals surface area (Å²) >= 11 is 0.861. The van der Waals surface area contributed by atoms with Gasteiger partial charge in [-0.25, -0.2) is 4.39 Å². The molecule has 2 aliphatic heterocycles. The molecule has 29 heavy (non-hydrogen) atoms. The lowest BCUT2D eigenvalue weighted by molar-refractivity contribution is -0.123. The second-order valence-corrected chi connectivity index (χ2v) is 8.01. The van der Waals surface area contributed by atoms with Gasteiger partial charge in [0.25, 0.3) is 17.1 Å². The number of rotatable bonds is 4. The van der Waals surface area contributed by atoms with E-state index in [1.807, 2.05) is 4.90 Å². The molecule has 0 saturated carbocycles. The number of carbonyl (C=O) groups excluding carboxylic acids is 3. The molecule has 0 aromatic heterocycles. The molecule has 0 bridgehead atoms. The number of amides is 3. The van der Waals surface area contributed by atoms with Crippen LogP contribution in [0.5, 0.6) is 0 Å². The van der Waals surface area contributed by atoms with E-state index >= 15 is 0 Å². The van der Waals surface area contributed by atoms with Crippen LogP contribution in [-0.2, 0) is 11.3 Å². The summed E-state index contributed by atoms with van der Waals surface area (Å²) in [6.07, 6.45) is 3.71. The van der Waals surface area contributed by atoms with Crippen LogP contribution in [0, 0.1) is 5.82 Å². The van der Waals surface area contributed by atoms with Gasteiger partial charge in [0.15, 0.2) is 0 Å². The van der Waals surface area contributed by atoms with Crippen molar-refractivity contribution in [1.29, 1.82) is 0 Å². The SMILES string of the molecule is O=C(c1ccc(/C=C2\SC(=O)N(Cc3cccc(F)c3)C2=O)cc1)N1CCCC1. The van der Waals surface area contributed by atoms with Crippen molar-refractivity contribution in [2.45, 2.75) is 19.4 Å². The quantitative estimate of drug-likeness (QED) is 0.706. The standard InChI is InChI=1S/C22H19FN2O3S/c23-18-5-3-4-16(12-18)14-25-21(27)19(29-22(25)28)13-15-6-8-17(9-7-15)20(26)24-10-1-2-11-24/h3-9,12-13H,1-2,10-11,14H2/b19-13-. The van der Waals surface area contributed by atoms with Crippen LogP contribution in [0.3, 0.4) is 0 Å². The molecule has 4 rings (SSSR count). The van der Waals surface area contributed by atoms with Gasteiger partial charge in [-0.1, -0.05) is 24.3 Å². The van der Waals surface area contributed by atoms with Crippen molar-refractivity contribution in [2.24, 2.45) is 0 Å². The Labute approximate surface area is 172 Å². The molecule has 0 spiro atoms. The predicted octanol–water partition coefficient (Wildman–Crippen LogP) is 4.30. The van der Waals surface area contributed by atoms with Gasteiger partial charge in [-0.15, -0.1) is 0 Å². The summed E-state index contributed by atoms with van der Waals surface area (Å²) in [5.74, 6) is -0.792. The zero-order chi connectivity index (χ0) is 20.4. The number of imide groups is 1. The predicted molar refractivity (Wildman–Crippen MR) is 109 cm³/mol. The Kier molecular flexibility index (Phi) is 5.49. The lowest BCUT2D eigenvalue weighted by atomic mass is 10.1. The fourth-order valence-electron chi connectivity index (χ4n) is 3.43. The van der Waals surface area contributed by atoms with Gasteiger partial charge in [-0.05, 0) is 66.1 Å². The van der Waals surface area contributed by atoms with Gasteiger partial charge in [-0.3, -0.25) is 19.3 Å². The molecule has 0 unspecified atom stereocenters. The van der Waals surface area contributed by atoms with E-state index in [1.165, 1.54) is 12.1 Å². The molecule has 2 saturated heterocycles. The van der Waals surface area contributed by atoms with E-state index in [-0.39, 0.29) is 17.7 Å². The maximum atomic E-state index is 13.4. The highest BCUT2D eigenvalue weighted by Gasteiger charge is 2.35. The number of benzene rings is 2. The zero-order valence-electron chi connectivity index (χ0n) is 15.6. The summed E-state index contributed by atoms with van der Waals surface area (Å²) in [4.78, 5) is 40.5. The lowest BCUT2D eigenvalue weighted by Gasteiger charge is -2.15. The minimum Gasteiger partial charge on any atom is -0.339 e. The van der Waals surface area contributed by atoms with Crippen molar-refractivity contribution in [1.82, 2.24) is 9.80 Å². The number of carbonyl (C=O) groups is 3. The molecule has 5 nitrogen and oxygen atoms in total. The van der Waals surface area contributed by atoms with Crippen molar-refractivity contribution >= 4 is 34.9 Å². The van der Waals surface area contributed by atoms with Crippen LogP contribution < -0.4 is 0 Å². The minimum absolute atomic E-state index is 0.0180. The van der Waals surface area contributed by atoms with E-state index < -0.39 is 11.7 Å². The summed E-state index contributed by atoms with van der Waals surface area (Å²) in [5, 5.41) is -0.383. The van der Waals surface area contributed by atoms with Crippen LogP contribution in [0.4, 0.5) is 9.18 Å². The van der Waals surface area contributed by atoms with Crippen molar-refractivity contribution in [3.05, 3.63) is 75.9 Å². The van der Waals surface area contributed by atoms with Crippen LogP contribution in [-0.4, -0.2) is 39.9 Å². The van der Waals surface area contributed by atoms with E-state index in [9.17, 15) is 18.8 Å². The zero-order valence-corrected chi connectivity index (χ0v) is 16.5. The molecule has 0 atom stereocenters. The third kappa shape index (κ3) is 4.24. The van der Waals surface area contributed by atoms with Crippen LogP contribution in [0.1, 0.15) is 34.3 Å². The molecule has 2 aliphatic rings. The summed E-state index contributed by atoms with van der Waals surface area (Å²) < 4.78 is 13.4. The number of hydrogen-bond donors (Lipinski definition) is 0. The summed E-state index contributed by atoms with van der Waals surface area (Å²) in [6.45, 7) is 1.61. The Morgan fingerprint density at radius 3 is 2.48 bits per heavy atom. The topological polar surface area (TPSA) is 57.7 Å². The van der Waals surface area contributed by atoms with Gasteiger partial charge in [0, 0.05) is 18.7 Å². The molecule has 0 aliphatic carbocycles. The van der Waals surface area contributed by atoms with E-state index in [2.05, 4.69) is 0 Å². The monoisotopic (exact) mass is 410 g/mol. The maximum Gasteiger partial charge on any atom is 0.293 e. The highest BCUT2D eigenvalue weighted by molar-refractivity contribution is 8.18. The van der Waals surface area contributed by atoms with Gasteiger partial charge in [0.1, 0.15) is 5.82 Å². The lowest BCUT2D eigenvalue weighted by Crippen LogP contribution is -2.27. The molecule has 148 valence electrons. The Balaban J connectivity index is 1.47. The Morgan fingerprint density at radius 1 is 1.07 bits per heavy atom. The van der Waals surface area contributed by atoms with Crippen LogP contribution in [0.2, 0.25) is 0 Å². The van der Waals surface area contributed by atoms with Gasteiger partial charge in [-0.2, -0.15) is 0 Å². The molecule has 3 amide bonds. The number of likely N-dealkylation sites (tertiary alicyclic amines) is 1. The van der Waals surface area contributed by atoms with E-state index in [4.69, 9.17) is 0 Å². The van der Waals surface area contributed by atoms with Gasteiger partial charge >= 0.3 is 0 Å². The number of nitrogens with zero attached hydrogens (tertiary/aromatic N) is 2. The van der Waals surface area contributed by atoms with Crippen molar-refractivity contribution in [2.75, 3.05) is 13.1 Å². The van der Waals surface area contributed by atoms with E-state index in [1.54, 1.807) is 42.5 Å². The van der Waals surface area contributed by atoms with Gasteiger partial charge in [0.2, 0.25) is 0 Å². The molecular weight excluding hydrogens is 391 g/mol. The highest BCUT2D eigenvalue weighted by Crippen LogP contribution is 2.33. The van der Waals surface area contributed by atoms with E-state index in [0.29, 0.717) is 16.0 Å². The molecule has 2 heterocycles. The van der Waals surface area contributed by atoms with Crippen molar-refractivity contribution in [3.8, 4) is 0 Å². The number of thioether (sulfide) groups is 1. The first-order valence-electron chi connectivity index (χ1n) is 9.40. The number of hydrogen-bond acceptors (Lipinski definition) is 4. The smallest absolute Gasteiger partial charge is 0.293 e. The molecule has 2 aromatic carbocycles. The molecule has 2 aromatic rings. The normalized spacial score (nSPS) is 18.2. The molecule has 7 heteroatoms. The second kappa shape index (κ2) is 8.21. The van der Waals surface area contributed by atoms with Crippen LogP contribution >= 0.6 is 11.8 Å². The molecular formula is C22H19FN2O3S. The summed E-state index contributed by atoms with van der Waals surface area (Å²) in [6, 6.07) is 12.9. The minimum atomic E-state index is -0.409. The van der Waals surface area contributed by atoms with Gasteiger partial charge in [0.05, 0.1) is 11.4 Å². The van der Waals surface area contributed by atoms with Crippen molar-refractivity contribution < 1.29 is 18.8 Å². The largest absolute Gasteiger partial charge is 0.339 e. The Hall–Kier alpha value is -2.93. The summed E-state index contributed by atoms with van der Waals surface area (Å²) in [5.41, 5.74) is 1.90. The van der Waals surface area contributed by atoms with E-state index in [0.717, 1.165) is 48.2 Å². The molecule has 0 radical (unpaired) electrons. The first kappa shape index (κ1) is 19.4. The first-order chi connectivity index (χ1) is 14.0. The first-order valence-corrected chi connectivity index (χ1v) is 10.2. The maximum absolute atomic E-state index is 13.4. The summed E-state index contributed by atoms with van der Waals surface area (Å²) in [7, 11) is 0. The van der Waals surface area contributed by atoms with Crippen LogP contribution in [0.15, 0.2) is 53.4 Å². The number of halogens is 1. The fraction of sp³-hybridized carbons (Fsp3) is 0.227. The molecule has 2 fully saturated rings. The Morgan fingerprint density at radius 2 is 1.79 bits per heavy atom.